The Bertz CT molecular complexity index is 51.6. The largest absolute Gasteiger partial charge is 0.679 e. The van der Waals surface area contributed by atoms with Crippen molar-refractivity contribution in [3.05, 3.63) is 29.0 Å². The summed E-state index contributed by atoms with van der Waals surface area (Å²) in [6.45, 7) is 0.472. The average molecular weight is 474 g/mol. The molecule has 0 atom stereocenters. The van der Waals surface area contributed by atoms with E-state index < -0.39 is 0 Å². The van der Waals surface area contributed by atoms with E-state index in [2.05, 4.69) is 26.6 Å². The zero-order chi connectivity index (χ0) is 8.83. The van der Waals surface area contributed by atoms with Gasteiger partial charge in [0.25, 0.3) is 0 Å². The van der Waals surface area contributed by atoms with Crippen LogP contribution in [0.4, 0.5) is 0 Å². The molecule has 0 aliphatic heterocycles. The third-order valence-electron chi connectivity index (χ3n) is 0.125. The summed E-state index contributed by atoms with van der Waals surface area (Å²) >= 11 is 6.56. The zero-order valence-corrected chi connectivity index (χ0v) is 11.2. The van der Waals surface area contributed by atoms with Crippen molar-refractivity contribution >= 4 is 26.6 Å². The van der Waals surface area contributed by atoms with Crippen LogP contribution in [0.5, 0.6) is 0 Å². The Morgan fingerprint density at radius 2 is 1.45 bits per heavy atom. The molecule has 0 radical (unpaired) electrons. The summed E-state index contributed by atoms with van der Waals surface area (Å²) in [6, 6.07) is 0. The number of nitrogens with zero attached hydrogens (tertiary/aromatic N) is 1. The van der Waals surface area contributed by atoms with Crippen molar-refractivity contribution in [2.45, 2.75) is 0 Å². The van der Waals surface area contributed by atoms with E-state index in [9.17, 15) is 0 Å². The van der Waals surface area contributed by atoms with Gasteiger partial charge in [-0.25, -0.2) is 0 Å². The second-order valence-corrected chi connectivity index (χ2v) is 10.6. The van der Waals surface area contributed by atoms with Crippen molar-refractivity contribution in [3.8, 4) is 0 Å². The Hall–Kier alpha value is 0.968. The quantitative estimate of drug-likeness (QED) is 0.331. The molecule has 0 aromatic heterocycles. The van der Waals surface area contributed by atoms with Gasteiger partial charge < -0.3 is 29.0 Å². The number of halogens is 2. The molecule has 0 heterocycles. The summed E-state index contributed by atoms with van der Waals surface area (Å²) in [5.74, 6) is 0. The maximum atomic E-state index is 8.00. The van der Waals surface area contributed by atoms with Crippen molar-refractivity contribution in [2.75, 3.05) is 13.1 Å². The van der Waals surface area contributed by atoms with Gasteiger partial charge in [0, 0.05) is 0 Å². The second-order valence-electron chi connectivity index (χ2n) is 0.620. The summed E-state index contributed by atoms with van der Waals surface area (Å²) in [5, 5.41) is 9.00. The van der Waals surface area contributed by atoms with Crippen LogP contribution in [0.1, 0.15) is 0 Å². The van der Waals surface area contributed by atoms with E-state index in [0.29, 0.717) is 0 Å². The van der Waals surface area contributed by atoms with E-state index in [0.717, 1.165) is 5.34 Å². The first-order chi connectivity index (χ1) is 4.74. The van der Waals surface area contributed by atoms with Gasteiger partial charge in [-0.2, -0.15) is 13.1 Å². The van der Waals surface area contributed by atoms with Gasteiger partial charge in [0.1, 0.15) is 0 Å². The number of hydrogen-bond acceptors (Lipinski definition) is 3. The molecular formula is C3H9Br2N3O2Pt-4. The molecule has 0 spiro atoms. The number of rotatable bonds is 1. The van der Waals surface area contributed by atoms with Crippen LogP contribution in [-0.2, 0) is 14.5 Å². The monoisotopic (exact) mass is 472 g/mol. The molecule has 0 bridgehead atoms. The summed E-state index contributed by atoms with van der Waals surface area (Å²) in [5.41, 5.74) is 12.5. The van der Waals surface area contributed by atoms with E-state index in [-0.39, 0.29) is 35.0 Å². The van der Waals surface area contributed by atoms with E-state index >= 15 is 0 Å². The molecule has 11 heavy (non-hydrogen) atoms. The SMILES string of the molecule is O=N[O-].[Br][Pt][Br].[CH3-].[NH-]CC[NH-]. The maximum absolute atomic E-state index is 8.00. The summed E-state index contributed by atoms with van der Waals surface area (Å²) in [4.78, 5) is 8.00. The molecule has 8 heteroatoms. The van der Waals surface area contributed by atoms with E-state index in [1.165, 1.54) is 0 Å². The van der Waals surface area contributed by atoms with Crippen molar-refractivity contribution in [1.82, 2.24) is 0 Å². The van der Waals surface area contributed by atoms with Crippen LogP contribution in [0.2, 0.25) is 0 Å². The zero-order valence-electron chi connectivity index (χ0n) is 5.75. The van der Waals surface area contributed by atoms with Gasteiger partial charge in [0.2, 0.25) is 0 Å². The molecular weight excluding hydrogens is 465 g/mol. The standard InChI is InChI=1S/C2H6N2.CH3.2BrH.HNO2.Pt/c3-1-2-4;;;;2-1-3;/h3-4H,1-2H2;1H3;2*1H;(H,2,3);/q-2;-1;;;;+2/p-3. The third kappa shape index (κ3) is 228. The van der Waals surface area contributed by atoms with Gasteiger partial charge in [0.05, 0.1) is 0 Å². The van der Waals surface area contributed by atoms with E-state index in [1.807, 2.05) is 0 Å². The van der Waals surface area contributed by atoms with Crippen molar-refractivity contribution < 1.29 is 14.5 Å². The van der Waals surface area contributed by atoms with Crippen LogP contribution in [0.3, 0.4) is 0 Å². The summed E-state index contributed by atoms with van der Waals surface area (Å²) < 4.78 is 0. The Morgan fingerprint density at radius 1 is 1.36 bits per heavy atom. The van der Waals surface area contributed by atoms with Crippen LogP contribution in [0, 0.1) is 17.5 Å². The first-order valence-electron chi connectivity index (χ1n) is 1.81. The van der Waals surface area contributed by atoms with Gasteiger partial charge in [-0.15, -0.1) is 5.34 Å². The average Bonchev–Trinajstić information content (AvgIpc) is 1.91. The molecule has 0 fully saturated rings. The summed E-state index contributed by atoms with van der Waals surface area (Å²) in [7, 11) is 0. The van der Waals surface area contributed by atoms with Crippen molar-refractivity contribution in [1.29, 1.82) is 0 Å². The Morgan fingerprint density at radius 3 is 1.45 bits per heavy atom. The predicted octanol–water partition coefficient (Wildman–Crippen LogP) is 3.48. The van der Waals surface area contributed by atoms with Crippen molar-refractivity contribution in [2.24, 2.45) is 5.34 Å². The molecule has 0 rings (SSSR count). The molecule has 0 saturated heterocycles. The Balaban J connectivity index is -0.0000000325. The van der Waals surface area contributed by atoms with Gasteiger partial charge in [-0.05, 0) is 0 Å². The fraction of sp³-hybridized carbons (Fsp3) is 0.667. The van der Waals surface area contributed by atoms with Crippen LogP contribution in [0.25, 0.3) is 11.5 Å². The van der Waals surface area contributed by atoms with Gasteiger partial charge in [0.15, 0.2) is 0 Å². The van der Waals surface area contributed by atoms with Crippen LogP contribution in [0.15, 0.2) is 5.34 Å². The molecule has 0 aliphatic carbocycles. The topological polar surface area (TPSA) is 100 Å². The first kappa shape index (κ1) is 22.7. The van der Waals surface area contributed by atoms with Gasteiger partial charge in [-0.3, -0.25) is 0 Å². The predicted molar refractivity (Wildman–Crippen MR) is 51.8 cm³/mol. The molecule has 5 nitrogen and oxygen atoms in total. The third-order valence-corrected chi connectivity index (χ3v) is 0.125. The molecule has 0 unspecified atom stereocenters. The Kier molecular flexibility index (Phi) is 91.0. The maximum Gasteiger partial charge on any atom is -0.171 e. The van der Waals surface area contributed by atoms with E-state index in [4.69, 9.17) is 21.6 Å². The smallest absolute Gasteiger partial charge is 0.171 e. The van der Waals surface area contributed by atoms with E-state index in [1.54, 1.807) is 0 Å². The normalized spacial score (nSPS) is 5.82. The Labute approximate surface area is 88.0 Å². The molecule has 0 aromatic rings. The fourth-order valence-electron chi connectivity index (χ4n) is 0. The molecule has 0 aromatic carbocycles. The fourth-order valence-corrected chi connectivity index (χ4v) is 0. The molecule has 0 amide bonds. The van der Waals surface area contributed by atoms with Gasteiger partial charge >= 0.3 is 41.0 Å². The van der Waals surface area contributed by atoms with Crippen LogP contribution < -0.4 is 0 Å². The molecule has 76 valence electrons. The second kappa shape index (κ2) is 44.2. The molecule has 2 N–H and O–H groups in total. The number of hydrogen-bond donors (Lipinski definition) is 0. The van der Waals surface area contributed by atoms with Crippen molar-refractivity contribution in [3.63, 3.8) is 0 Å². The summed E-state index contributed by atoms with van der Waals surface area (Å²) in [6.07, 6.45) is 0. The minimum Gasteiger partial charge on any atom is -0.679 e. The van der Waals surface area contributed by atoms with Gasteiger partial charge in [-0.1, -0.05) is 0 Å². The van der Waals surface area contributed by atoms with Crippen LogP contribution >= 0.6 is 26.6 Å². The molecule has 0 aliphatic rings. The molecule has 0 saturated carbocycles. The minimum atomic E-state index is 0. The first-order valence-corrected chi connectivity index (χ1v) is 11.7. The minimum absolute atomic E-state index is 0. The van der Waals surface area contributed by atoms with Crippen LogP contribution in [-0.4, -0.2) is 13.1 Å². The number of nitrogens with one attached hydrogen (secondary N) is 2.